The number of ether oxygens (including phenoxy) is 1. The molecule has 1 aromatic rings. The number of hydrogen-bond donors (Lipinski definition) is 1. The highest BCUT2D eigenvalue weighted by atomic mass is 79.9. The van der Waals surface area contributed by atoms with Crippen LogP contribution >= 0.6 is 15.9 Å². The summed E-state index contributed by atoms with van der Waals surface area (Å²) in [4.78, 5) is 0. The molecule has 0 aliphatic heterocycles. The number of alkyl halides is 4. The third-order valence-corrected chi connectivity index (χ3v) is 2.77. The van der Waals surface area contributed by atoms with Gasteiger partial charge < -0.3 is 9.84 Å². The van der Waals surface area contributed by atoms with E-state index in [1.807, 2.05) is 0 Å². The number of hydrogen-bond acceptors (Lipinski definition) is 3. The van der Waals surface area contributed by atoms with Crippen molar-refractivity contribution < 1.29 is 23.0 Å². The van der Waals surface area contributed by atoms with Gasteiger partial charge in [-0.1, -0.05) is 15.9 Å². The second-order valence-electron chi connectivity index (χ2n) is 3.44. The maximum atomic E-state index is 12.7. The number of rotatable bonds is 4. The van der Waals surface area contributed by atoms with Crippen molar-refractivity contribution in [2.75, 3.05) is 11.9 Å². The van der Waals surface area contributed by atoms with E-state index in [1.165, 1.54) is 6.07 Å². The average molecular weight is 324 g/mol. The Morgan fingerprint density at radius 1 is 1.44 bits per heavy atom. The van der Waals surface area contributed by atoms with E-state index >= 15 is 0 Å². The van der Waals surface area contributed by atoms with E-state index in [9.17, 15) is 18.3 Å². The zero-order chi connectivity index (χ0) is 13.8. The van der Waals surface area contributed by atoms with Crippen LogP contribution in [-0.2, 0) is 6.18 Å². The number of aliphatic hydroxyl groups is 1. The Kier molecular flexibility index (Phi) is 4.99. The minimum absolute atomic E-state index is 0.101. The SMILES string of the molecule is N#Cc1ccc(OCC(O)CBr)c(C(F)(F)F)c1. The molecule has 1 N–H and O–H groups in total. The first kappa shape index (κ1) is 14.8. The van der Waals surface area contributed by atoms with Gasteiger partial charge in [0.25, 0.3) is 0 Å². The first-order valence-electron chi connectivity index (χ1n) is 4.86. The summed E-state index contributed by atoms with van der Waals surface area (Å²) in [5.74, 6) is -0.401. The molecule has 0 heterocycles. The normalized spacial score (nSPS) is 12.9. The third-order valence-electron chi connectivity index (χ3n) is 2.02. The van der Waals surface area contributed by atoms with E-state index in [-0.39, 0.29) is 17.5 Å². The van der Waals surface area contributed by atoms with Crippen molar-refractivity contribution in [2.45, 2.75) is 12.3 Å². The van der Waals surface area contributed by atoms with Crippen LogP contribution < -0.4 is 4.74 Å². The Bertz CT molecular complexity index is 457. The molecule has 0 saturated heterocycles. The minimum Gasteiger partial charge on any atom is -0.490 e. The van der Waals surface area contributed by atoms with Gasteiger partial charge in [0.2, 0.25) is 0 Å². The lowest BCUT2D eigenvalue weighted by Crippen LogP contribution is -2.20. The predicted octanol–water partition coefficient (Wildman–Crippen LogP) is 2.71. The van der Waals surface area contributed by atoms with Gasteiger partial charge in [-0.15, -0.1) is 0 Å². The fourth-order valence-electron chi connectivity index (χ4n) is 1.18. The maximum absolute atomic E-state index is 12.7. The van der Waals surface area contributed by atoms with Gasteiger partial charge in [-0.25, -0.2) is 0 Å². The van der Waals surface area contributed by atoms with E-state index < -0.39 is 23.6 Å². The summed E-state index contributed by atoms with van der Waals surface area (Å²) in [5, 5.41) is 18.0. The molecule has 98 valence electrons. The van der Waals surface area contributed by atoms with E-state index in [0.717, 1.165) is 12.1 Å². The molecule has 0 spiro atoms. The Labute approximate surface area is 110 Å². The summed E-state index contributed by atoms with van der Waals surface area (Å²) in [5.41, 5.74) is -1.13. The molecule has 0 bridgehead atoms. The lowest BCUT2D eigenvalue weighted by molar-refractivity contribution is -0.139. The van der Waals surface area contributed by atoms with E-state index in [4.69, 9.17) is 10.00 Å². The molecule has 0 radical (unpaired) electrons. The summed E-state index contributed by atoms with van der Waals surface area (Å²) in [6, 6.07) is 4.65. The average Bonchev–Trinajstić information content (AvgIpc) is 2.34. The minimum atomic E-state index is -4.61. The summed E-state index contributed by atoms with van der Waals surface area (Å²) < 4.78 is 43.0. The molecule has 0 saturated carbocycles. The van der Waals surface area contributed by atoms with Crippen molar-refractivity contribution in [3.63, 3.8) is 0 Å². The first-order valence-corrected chi connectivity index (χ1v) is 5.98. The quantitative estimate of drug-likeness (QED) is 0.867. The van der Waals surface area contributed by atoms with Crippen LogP contribution in [0, 0.1) is 11.3 Å². The van der Waals surface area contributed by atoms with Gasteiger partial charge in [0.1, 0.15) is 12.4 Å². The summed E-state index contributed by atoms with van der Waals surface area (Å²) >= 11 is 2.97. The molecule has 0 aromatic heterocycles. The standard InChI is InChI=1S/C11H9BrF3NO2/c12-4-8(17)6-18-10-2-1-7(5-16)3-9(10)11(13,14)15/h1-3,8,17H,4,6H2. The number of nitriles is 1. The molecule has 7 heteroatoms. The van der Waals surface area contributed by atoms with E-state index in [1.54, 1.807) is 6.07 Å². The van der Waals surface area contributed by atoms with Gasteiger partial charge in [-0.3, -0.25) is 0 Å². The van der Waals surface area contributed by atoms with E-state index in [2.05, 4.69) is 15.9 Å². The molecule has 1 unspecified atom stereocenters. The molecule has 0 fully saturated rings. The maximum Gasteiger partial charge on any atom is 0.420 e. The monoisotopic (exact) mass is 323 g/mol. The lowest BCUT2D eigenvalue weighted by atomic mass is 10.1. The largest absolute Gasteiger partial charge is 0.490 e. The lowest BCUT2D eigenvalue weighted by Gasteiger charge is -2.15. The van der Waals surface area contributed by atoms with Crippen molar-refractivity contribution in [3.8, 4) is 11.8 Å². The van der Waals surface area contributed by atoms with Crippen molar-refractivity contribution >= 4 is 15.9 Å². The fraction of sp³-hybridized carbons (Fsp3) is 0.364. The van der Waals surface area contributed by atoms with Gasteiger partial charge in [-0.2, -0.15) is 18.4 Å². The van der Waals surface area contributed by atoms with Crippen LogP contribution in [0.15, 0.2) is 18.2 Å². The molecule has 1 atom stereocenters. The molecule has 18 heavy (non-hydrogen) atoms. The topological polar surface area (TPSA) is 53.2 Å². The Hall–Kier alpha value is -1.26. The summed E-state index contributed by atoms with van der Waals surface area (Å²) in [6.07, 6.45) is -5.51. The van der Waals surface area contributed by atoms with Gasteiger partial charge in [0.15, 0.2) is 0 Å². The molecular weight excluding hydrogens is 315 g/mol. The molecular formula is C11H9BrF3NO2. The third kappa shape index (κ3) is 3.89. The number of aliphatic hydroxyl groups excluding tert-OH is 1. The van der Waals surface area contributed by atoms with Crippen molar-refractivity contribution in [1.29, 1.82) is 5.26 Å². The van der Waals surface area contributed by atoms with Gasteiger partial charge in [-0.05, 0) is 18.2 Å². The highest BCUT2D eigenvalue weighted by Crippen LogP contribution is 2.36. The van der Waals surface area contributed by atoms with Crippen LogP contribution in [0.3, 0.4) is 0 Å². The second-order valence-corrected chi connectivity index (χ2v) is 4.09. The molecule has 0 aliphatic rings. The molecule has 3 nitrogen and oxygen atoms in total. The highest BCUT2D eigenvalue weighted by molar-refractivity contribution is 9.09. The fourth-order valence-corrected chi connectivity index (χ4v) is 1.36. The smallest absolute Gasteiger partial charge is 0.420 e. The van der Waals surface area contributed by atoms with Crippen LogP contribution in [0.1, 0.15) is 11.1 Å². The number of halogens is 4. The zero-order valence-electron chi connectivity index (χ0n) is 9.04. The Morgan fingerprint density at radius 3 is 2.61 bits per heavy atom. The van der Waals surface area contributed by atoms with Gasteiger partial charge in [0, 0.05) is 5.33 Å². The Morgan fingerprint density at radius 2 is 2.11 bits per heavy atom. The molecule has 0 aliphatic carbocycles. The summed E-state index contributed by atoms with van der Waals surface area (Å²) in [6.45, 7) is -0.264. The first-order chi connectivity index (χ1) is 8.38. The highest BCUT2D eigenvalue weighted by Gasteiger charge is 2.34. The van der Waals surface area contributed by atoms with Crippen LogP contribution in [-0.4, -0.2) is 23.1 Å². The van der Waals surface area contributed by atoms with Gasteiger partial charge in [0.05, 0.1) is 23.3 Å². The molecule has 0 amide bonds. The van der Waals surface area contributed by atoms with Crippen LogP contribution in [0.25, 0.3) is 0 Å². The second kappa shape index (κ2) is 6.07. The van der Waals surface area contributed by atoms with Gasteiger partial charge >= 0.3 is 6.18 Å². The van der Waals surface area contributed by atoms with Crippen molar-refractivity contribution in [2.24, 2.45) is 0 Å². The van der Waals surface area contributed by atoms with Crippen molar-refractivity contribution in [3.05, 3.63) is 29.3 Å². The summed E-state index contributed by atoms with van der Waals surface area (Å²) in [7, 11) is 0. The number of benzene rings is 1. The zero-order valence-corrected chi connectivity index (χ0v) is 10.6. The van der Waals surface area contributed by atoms with Crippen LogP contribution in [0.4, 0.5) is 13.2 Å². The van der Waals surface area contributed by atoms with E-state index in [0.29, 0.717) is 0 Å². The Balaban J connectivity index is 3.01. The molecule has 1 rings (SSSR count). The van der Waals surface area contributed by atoms with Crippen molar-refractivity contribution in [1.82, 2.24) is 0 Å². The predicted molar refractivity (Wildman–Crippen MR) is 61.5 cm³/mol. The molecule has 1 aromatic carbocycles. The van der Waals surface area contributed by atoms with Crippen LogP contribution in [0.2, 0.25) is 0 Å². The van der Waals surface area contributed by atoms with Crippen LogP contribution in [0.5, 0.6) is 5.75 Å². The number of nitrogens with zero attached hydrogens (tertiary/aromatic N) is 1.